The van der Waals surface area contributed by atoms with Gasteiger partial charge in [-0.25, -0.2) is 4.79 Å². The van der Waals surface area contributed by atoms with Gasteiger partial charge >= 0.3 is 5.97 Å². The number of aliphatic carboxylic acids is 1. The summed E-state index contributed by atoms with van der Waals surface area (Å²) in [5, 5.41) is 8.97. The maximum absolute atomic E-state index is 11.8. The Balaban J connectivity index is 2.70. The topological polar surface area (TPSA) is 66.8 Å². The van der Waals surface area contributed by atoms with Gasteiger partial charge in [0.05, 0.1) is 0 Å². The number of likely N-dealkylation sites (N-methyl/N-ethyl adjacent to an activating group) is 1. The highest BCUT2D eigenvalue weighted by Crippen LogP contribution is 2.19. The lowest BCUT2D eigenvalue weighted by atomic mass is 10.0. The first-order valence-corrected chi connectivity index (χ1v) is 5.00. The molecule has 0 aliphatic carbocycles. The van der Waals surface area contributed by atoms with Crippen molar-refractivity contribution in [2.75, 3.05) is 13.7 Å². The fourth-order valence-corrected chi connectivity index (χ4v) is 1.41. The number of carbonyl (C=O) groups excluding carboxylic acids is 1. The second-order valence-corrected chi connectivity index (χ2v) is 4.26. The molecule has 1 atom stereocenters. The van der Waals surface area contributed by atoms with Crippen LogP contribution in [0.2, 0.25) is 0 Å². The molecule has 0 aromatic rings. The lowest BCUT2D eigenvalue weighted by Crippen LogP contribution is -2.53. The number of rotatable bonds is 3. The summed E-state index contributed by atoms with van der Waals surface area (Å²) >= 11 is 0. The predicted molar refractivity (Wildman–Crippen MR) is 53.5 cm³/mol. The highest BCUT2D eigenvalue weighted by Gasteiger charge is 2.38. The van der Waals surface area contributed by atoms with E-state index < -0.39 is 17.6 Å². The highest BCUT2D eigenvalue weighted by atomic mass is 16.5. The average molecular weight is 215 g/mol. The SMILES string of the molecule is CN(C(=O)[C@H]1CCCO1)C(C)(C)C(=O)O. The summed E-state index contributed by atoms with van der Waals surface area (Å²) in [5.74, 6) is -1.27. The van der Waals surface area contributed by atoms with Crippen LogP contribution in [0.4, 0.5) is 0 Å². The summed E-state index contributed by atoms with van der Waals surface area (Å²) in [5.41, 5.74) is -1.19. The van der Waals surface area contributed by atoms with Crippen LogP contribution in [0.25, 0.3) is 0 Å². The van der Waals surface area contributed by atoms with Crippen LogP contribution in [-0.4, -0.2) is 47.2 Å². The molecular weight excluding hydrogens is 198 g/mol. The summed E-state index contributed by atoms with van der Waals surface area (Å²) in [6.45, 7) is 3.59. The largest absolute Gasteiger partial charge is 0.480 e. The second kappa shape index (κ2) is 4.18. The van der Waals surface area contributed by atoms with Gasteiger partial charge in [0.1, 0.15) is 11.6 Å². The molecule has 1 N–H and O–H groups in total. The van der Waals surface area contributed by atoms with E-state index in [-0.39, 0.29) is 5.91 Å². The van der Waals surface area contributed by atoms with Gasteiger partial charge in [-0.05, 0) is 26.7 Å². The Morgan fingerprint density at radius 2 is 2.07 bits per heavy atom. The molecule has 86 valence electrons. The van der Waals surface area contributed by atoms with E-state index in [1.54, 1.807) is 0 Å². The van der Waals surface area contributed by atoms with Crippen molar-refractivity contribution in [3.05, 3.63) is 0 Å². The third-order valence-electron chi connectivity index (χ3n) is 2.90. The maximum Gasteiger partial charge on any atom is 0.329 e. The molecular formula is C10H17NO4. The van der Waals surface area contributed by atoms with E-state index in [1.807, 2.05) is 0 Å². The number of ether oxygens (including phenoxy) is 1. The number of carbonyl (C=O) groups is 2. The van der Waals surface area contributed by atoms with E-state index in [4.69, 9.17) is 9.84 Å². The van der Waals surface area contributed by atoms with E-state index in [2.05, 4.69) is 0 Å². The van der Waals surface area contributed by atoms with Gasteiger partial charge in [-0.15, -0.1) is 0 Å². The van der Waals surface area contributed by atoms with Gasteiger partial charge in [-0.3, -0.25) is 4.79 Å². The molecule has 5 heteroatoms. The monoisotopic (exact) mass is 215 g/mol. The first-order chi connectivity index (χ1) is 6.87. The van der Waals surface area contributed by atoms with Crippen molar-refractivity contribution in [2.45, 2.75) is 38.3 Å². The first-order valence-electron chi connectivity index (χ1n) is 5.00. The molecule has 0 saturated carbocycles. The Morgan fingerprint density at radius 3 is 2.47 bits per heavy atom. The maximum atomic E-state index is 11.8. The Hall–Kier alpha value is -1.10. The van der Waals surface area contributed by atoms with Crippen molar-refractivity contribution < 1.29 is 19.4 Å². The smallest absolute Gasteiger partial charge is 0.329 e. The Bertz CT molecular complexity index is 269. The minimum atomic E-state index is -1.19. The molecule has 15 heavy (non-hydrogen) atoms. The van der Waals surface area contributed by atoms with Crippen LogP contribution in [0, 0.1) is 0 Å². The third kappa shape index (κ3) is 2.28. The molecule has 1 aliphatic heterocycles. The quantitative estimate of drug-likeness (QED) is 0.744. The molecule has 0 radical (unpaired) electrons. The Morgan fingerprint density at radius 1 is 1.47 bits per heavy atom. The van der Waals surface area contributed by atoms with E-state index in [0.717, 1.165) is 6.42 Å². The average Bonchev–Trinajstić information content (AvgIpc) is 2.67. The zero-order valence-electron chi connectivity index (χ0n) is 9.32. The van der Waals surface area contributed by atoms with Gasteiger partial charge in [0.2, 0.25) is 0 Å². The van der Waals surface area contributed by atoms with Gasteiger partial charge < -0.3 is 14.7 Å². The zero-order valence-corrected chi connectivity index (χ0v) is 9.32. The number of carboxylic acid groups (broad SMARTS) is 1. The summed E-state index contributed by atoms with van der Waals surface area (Å²) in [4.78, 5) is 24.0. The van der Waals surface area contributed by atoms with Crippen LogP contribution in [-0.2, 0) is 14.3 Å². The van der Waals surface area contributed by atoms with Gasteiger partial charge in [0, 0.05) is 13.7 Å². The molecule has 5 nitrogen and oxygen atoms in total. The standard InChI is InChI=1S/C10H17NO4/c1-10(2,9(13)14)11(3)8(12)7-5-4-6-15-7/h7H,4-6H2,1-3H3,(H,13,14)/t7-/m1/s1. The van der Waals surface area contributed by atoms with Crippen LogP contribution < -0.4 is 0 Å². The van der Waals surface area contributed by atoms with Gasteiger partial charge in [0.25, 0.3) is 5.91 Å². The lowest BCUT2D eigenvalue weighted by Gasteiger charge is -2.33. The normalized spacial score (nSPS) is 21.4. The van der Waals surface area contributed by atoms with E-state index in [9.17, 15) is 9.59 Å². The minimum absolute atomic E-state index is 0.250. The summed E-state index contributed by atoms with van der Waals surface area (Å²) in [6.07, 6.45) is 1.07. The number of hydrogen-bond acceptors (Lipinski definition) is 3. The first kappa shape index (κ1) is 12.0. The Labute approximate surface area is 89.0 Å². The van der Waals surface area contributed by atoms with Gasteiger partial charge in [-0.2, -0.15) is 0 Å². The molecule has 0 spiro atoms. The number of hydrogen-bond donors (Lipinski definition) is 1. The van der Waals surface area contributed by atoms with Crippen molar-refractivity contribution in [3.8, 4) is 0 Å². The van der Waals surface area contributed by atoms with Crippen LogP contribution in [0.1, 0.15) is 26.7 Å². The fraction of sp³-hybridized carbons (Fsp3) is 0.800. The van der Waals surface area contributed by atoms with Crippen molar-refractivity contribution >= 4 is 11.9 Å². The van der Waals surface area contributed by atoms with Crippen LogP contribution in [0.5, 0.6) is 0 Å². The van der Waals surface area contributed by atoms with Crippen molar-refractivity contribution in [1.29, 1.82) is 0 Å². The molecule has 1 heterocycles. The highest BCUT2D eigenvalue weighted by molar-refractivity contribution is 5.88. The van der Waals surface area contributed by atoms with E-state index in [0.29, 0.717) is 13.0 Å². The van der Waals surface area contributed by atoms with Gasteiger partial charge in [-0.1, -0.05) is 0 Å². The van der Waals surface area contributed by atoms with Crippen LogP contribution >= 0.6 is 0 Å². The molecule has 0 unspecified atom stereocenters. The van der Waals surface area contributed by atoms with Crippen molar-refractivity contribution in [3.63, 3.8) is 0 Å². The third-order valence-corrected chi connectivity index (χ3v) is 2.90. The zero-order chi connectivity index (χ0) is 11.6. The molecule has 1 rings (SSSR count). The molecule has 0 aromatic carbocycles. The summed E-state index contributed by atoms with van der Waals surface area (Å²) in [6, 6.07) is 0. The molecule has 0 aromatic heterocycles. The minimum Gasteiger partial charge on any atom is -0.480 e. The second-order valence-electron chi connectivity index (χ2n) is 4.26. The number of amides is 1. The van der Waals surface area contributed by atoms with E-state index >= 15 is 0 Å². The molecule has 1 amide bonds. The van der Waals surface area contributed by atoms with E-state index in [1.165, 1.54) is 25.8 Å². The molecule has 0 bridgehead atoms. The van der Waals surface area contributed by atoms with Crippen molar-refractivity contribution in [2.24, 2.45) is 0 Å². The summed E-state index contributed by atoms with van der Waals surface area (Å²) < 4.78 is 5.23. The van der Waals surface area contributed by atoms with Crippen LogP contribution in [0.3, 0.4) is 0 Å². The lowest BCUT2D eigenvalue weighted by molar-refractivity contribution is -0.159. The molecule has 1 fully saturated rings. The van der Waals surface area contributed by atoms with Crippen LogP contribution in [0.15, 0.2) is 0 Å². The number of nitrogens with zero attached hydrogens (tertiary/aromatic N) is 1. The number of carboxylic acids is 1. The fourth-order valence-electron chi connectivity index (χ4n) is 1.41. The van der Waals surface area contributed by atoms with Crippen molar-refractivity contribution in [1.82, 2.24) is 4.90 Å². The van der Waals surface area contributed by atoms with Gasteiger partial charge in [0.15, 0.2) is 0 Å². The predicted octanol–water partition coefficient (Wildman–Crippen LogP) is 0.487. The Kier molecular flexibility index (Phi) is 3.34. The molecule has 1 aliphatic rings. The molecule has 1 saturated heterocycles. The summed E-state index contributed by atoms with van der Waals surface area (Å²) in [7, 11) is 1.50.